The van der Waals surface area contributed by atoms with E-state index >= 15 is 0 Å². The summed E-state index contributed by atoms with van der Waals surface area (Å²) in [6, 6.07) is 19.4. The van der Waals surface area contributed by atoms with E-state index in [1.165, 1.54) is 37.3 Å². The second-order valence-corrected chi connectivity index (χ2v) is 11.7. The minimum Gasteiger partial charge on any atom is -0.493 e. The van der Waals surface area contributed by atoms with Gasteiger partial charge in [-0.1, -0.05) is 55.0 Å². The summed E-state index contributed by atoms with van der Waals surface area (Å²) in [4.78, 5) is 28.6. The summed E-state index contributed by atoms with van der Waals surface area (Å²) in [7, 11) is -1.27. The molecule has 0 aliphatic heterocycles. The van der Waals surface area contributed by atoms with Crippen molar-refractivity contribution in [2.75, 3.05) is 25.1 Å². The molecule has 0 bridgehead atoms. The van der Waals surface area contributed by atoms with Crippen LogP contribution in [0.5, 0.6) is 11.5 Å². The maximum Gasteiger partial charge on any atom is 0.264 e. The quantitative estimate of drug-likeness (QED) is 0.318. The lowest BCUT2D eigenvalue weighted by Gasteiger charge is -2.32. The maximum atomic E-state index is 14.0. The van der Waals surface area contributed by atoms with Gasteiger partial charge in [-0.25, -0.2) is 8.42 Å². The van der Waals surface area contributed by atoms with E-state index in [0.29, 0.717) is 11.5 Å². The topological polar surface area (TPSA) is 105 Å². The molecule has 0 unspecified atom stereocenters. The van der Waals surface area contributed by atoms with E-state index in [2.05, 4.69) is 5.32 Å². The first-order valence-corrected chi connectivity index (χ1v) is 14.9. The third-order valence-electron chi connectivity index (χ3n) is 6.91. The van der Waals surface area contributed by atoms with Crippen molar-refractivity contribution in [3.8, 4) is 11.5 Å². The molecule has 3 aromatic carbocycles. The van der Waals surface area contributed by atoms with E-state index in [1.807, 2.05) is 51.1 Å². The molecule has 1 N–H and O–H groups in total. The molecule has 2 atom stereocenters. The lowest BCUT2D eigenvalue weighted by Crippen LogP contribution is -2.52. The molecule has 0 aromatic heterocycles. The zero-order valence-electron chi connectivity index (χ0n) is 24.5. The van der Waals surface area contributed by atoms with Crippen LogP contribution in [-0.4, -0.2) is 58.0 Å². The number of nitrogens with one attached hydrogen (secondary N) is 1. The van der Waals surface area contributed by atoms with Crippen LogP contribution in [-0.2, 0) is 26.2 Å². The van der Waals surface area contributed by atoms with Gasteiger partial charge in [-0.15, -0.1) is 0 Å². The first-order valence-electron chi connectivity index (χ1n) is 13.5. The number of hydrogen-bond donors (Lipinski definition) is 1. The Labute approximate surface area is 243 Å². The summed E-state index contributed by atoms with van der Waals surface area (Å²) in [5.74, 6) is -0.130. The zero-order chi connectivity index (χ0) is 30.2. The molecule has 41 heavy (non-hydrogen) atoms. The van der Waals surface area contributed by atoms with Crippen LogP contribution < -0.4 is 19.1 Å². The highest BCUT2D eigenvalue weighted by Crippen LogP contribution is 2.34. The van der Waals surface area contributed by atoms with Gasteiger partial charge in [-0.05, 0) is 57.0 Å². The number of anilines is 1. The molecule has 0 spiro atoms. The summed E-state index contributed by atoms with van der Waals surface area (Å²) in [6.07, 6.45) is 0.729. The Bertz CT molecular complexity index is 1430. The molecule has 0 heterocycles. The molecule has 3 aromatic rings. The number of nitrogens with zero attached hydrogens (tertiary/aromatic N) is 2. The van der Waals surface area contributed by atoms with Crippen LogP contribution in [0.15, 0.2) is 77.7 Å². The molecular formula is C31H39N3O6S. The third-order valence-corrected chi connectivity index (χ3v) is 8.70. The number of carbonyl (C=O) groups is 2. The summed E-state index contributed by atoms with van der Waals surface area (Å²) in [6.45, 7) is 6.94. The Morgan fingerprint density at radius 1 is 0.902 bits per heavy atom. The van der Waals surface area contributed by atoms with Gasteiger partial charge in [0, 0.05) is 18.7 Å². The van der Waals surface area contributed by atoms with E-state index in [1.54, 1.807) is 31.2 Å². The van der Waals surface area contributed by atoms with E-state index in [4.69, 9.17) is 9.47 Å². The van der Waals surface area contributed by atoms with Crippen molar-refractivity contribution in [1.29, 1.82) is 0 Å². The Morgan fingerprint density at radius 2 is 1.54 bits per heavy atom. The molecule has 0 radical (unpaired) electrons. The van der Waals surface area contributed by atoms with Crippen molar-refractivity contribution in [1.82, 2.24) is 10.2 Å². The molecule has 0 fully saturated rings. The van der Waals surface area contributed by atoms with Crippen LogP contribution in [0.3, 0.4) is 0 Å². The molecule has 0 aliphatic rings. The van der Waals surface area contributed by atoms with Crippen LogP contribution in [0.1, 0.15) is 38.3 Å². The van der Waals surface area contributed by atoms with Crippen molar-refractivity contribution in [3.63, 3.8) is 0 Å². The van der Waals surface area contributed by atoms with E-state index < -0.39 is 28.5 Å². The van der Waals surface area contributed by atoms with Crippen LogP contribution in [0.25, 0.3) is 0 Å². The summed E-state index contributed by atoms with van der Waals surface area (Å²) < 4.78 is 39.8. The molecule has 0 aliphatic carbocycles. The fourth-order valence-corrected chi connectivity index (χ4v) is 5.58. The molecule has 3 rings (SSSR count). The van der Waals surface area contributed by atoms with Crippen molar-refractivity contribution in [3.05, 3.63) is 83.9 Å². The van der Waals surface area contributed by atoms with Gasteiger partial charge in [0.05, 0.1) is 24.8 Å². The Hall–Kier alpha value is -4.05. The first-order chi connectivity index (χ1) is 19.5. The standard InChI is InChI=1S/C31H39N3O6S/c1-7-23(3)32-31(36)24(4)33(20-25-11-9-8-10-12-25)30(35)21-34(26-15-18-28(39-5)29(19-26)40-6)41(37,38)27-16-13-22(2)14-17-27/h8-19,23-24H,7,20-21H2,1-6H3,(H,32,36)/t23-,24+/m1/s1. The predicted octanol–water partition coefficient (Wildman–Crippen LogP) is 4.54. The summed E-state index contributed by atoms with van der Waals surface area (Å²) in [5, 5.41) is 2.93. The Balaban J connectivity index is 2.07. The molecule has 0 saturated carbocycles. The molecule has 0 saturated heterocycles. The lowest BCUT2D eigenvalue weighted by molar-refractivity contribution is -0.139. The van der Waals surface area contributed by atoms with Crippen LogP contribution >= 0.6 is 0 Å². The minimum absolute atomic E-state index is 0.0304. The second kappa shape index (κ2) is 14.0. The van der Waals surface area contributed by atoms with E-state index in [9.17, 15) is 18.0 Å². The van der Waals surface area contributed by atoms with E-state index in [0.717, 1.165) is 21.9 Å². The van der Waals surface area contributed by atoms with Crippen molar-refractivity contribution >= 4 is 27.5 Å². The fourth-order valence-electron chi connectivity index (χ4n) is 4.17. The van der Waals surface area contributed by atoms with Gasteiger partial charge < -0.3 is 19.7 Å². The highest BCUT2D eigenvalue weighted by atomic mass is 32.2. The molecule has 10 heteroatoms. The van der Waals surface area contributed by atoms with Gasteiger partial charge >= 0.3 is 0 Å². The second-order valence-electron chi connectivity index (χ2n) is 9.87. The van der Waals surface area contributed by atoms with Crippen molar-refractivity contribution < 1.29 is 27.5 Å². The molecule has 220 valence electrons. The SMILES string of the molecule is CC[C@@H](C)NC(=O)[C@H](C)N(Cc1ccccc1)C(=O)CN(c1ccc(OC)c(OC)c1)S(=O)(=O)c1ccc(C)cc1. The molecule has 2 amide bonds. The first kappa shape index (κ1) is 31.5. The summed E-state index contributed by atoms with van der Waals surface area (Å²) in [5.41, 5.74) is 1.92. The van der Waals surface area contributed by atoms with Gasteiger partial charge in [-0.2, -0.15) is 0 Å². The normalized spacial score (nSPS) is 12.6. The Morgan fingerprint density at radius 3 is 2.12 bits per heavy atom. The number of amides is 2. The van der Waals surface area contributed by atoms with Crippen LogP contribution in [0, 0.1) is 6.92 Å². The average molecular weight is 582 g/mol. The number of aryl methyl sites for hydroxylation is 1. The number of ether oxygens (including phenoxy) is 2. The number of carbonyl (C=O) groups excluding carboxylic acids is 2. The molecular weight excluding hydrogens is 542 g/mol. The van der Waals surface area contributed by atoms with E-state index in [-0.39, 0.29) is 29.1 Å². The minimum atomic E-state index is -4.20. The fraction of sp³-hybridized carbons (Fsp3) is 0.355. The smallest absolute Gasteiger partial charge is 0.264 e. The van der Waals surface area contributed by atoms with Gasteiger partial charge in [0.2, 0.25) is 11.8 Å². The third kappa shape index (κ3) is 7.79. The number of sulfonamides is 1. The van der Waals surface area contributed by atoms with Crippen LogP contribution in [0.4, 0.5) is 5.69 Å². The average Bonchev–Trinajstić information content (AvgIpc) is 2.98. The van der Waals surface area contributed by atoms with Gasteiger partial charge in [0.1, 0.15) is 12.6 Å². The van der Waals surface area contributed by atoms with Gasteiger partial charge in [0.25, 0.3) is 10.0 Å². The van der Waals surface area contributed by atoms with Crippen molar-refractivity contribution in [2.24, 2.45) is 0 Å². The molecule has 9 nitrogen and oxygen atoms in total. The number of hydrogen-bond acceptors (Lipinski definition) is 6. The maximum absolute atomic E-state index is 14.0. The van der Waals surface area contributed by atoms with Crippen molar-refractivity contribution in [2.45, 2.75) is 57.6 Å². The van der Waals surface area contributed by atoms with Crippen LogP contribution in [0.2, 0.25) is 0 Å². The predicted molar refractivity (Wildman–Crippen MR) is 160 cm³/mol. The highest BCUT2D eigenvalue weighted by molar-refractivity contribution is 7.92. The highest BCUT2D eigenvalue weighted by Gasteiger charge is 2.33. The Kier molecular flexibility index (Phi) is 10.8. The monoisotopic (exact) mass is 581 g/mol. The number of methoxy groups -OCH3 is 2. The number of benzene rings is 3. The number of rotatable bonds is 13. The van der Waals surface area contributed by atoms with Gasteiger partial charge in [0.15, 0.2) is 11.5 Å². The largest absolute Gasteiger partial charge is 0.493 e. The lowest BCUT2D eigenvalue weighted by atomic mass is 10.1. The summed E-state index contributed by atoms with van der Waals surface area (Å²) >= 11 is 0. The zero-order valence-corrected chi connectivity index (χ0v) is 25.3. The van der Waals surface area contributed by atoms with Gasteiger partial charge in [-0.3, -0.25) is 13.9 Å².